The number of nitrogens with zero attached hydrogens (tertiary/aromatic N) is 3. The second-order valence-electron chi connectivity index (χ2n) is 6.34. The molecule has 0 radical (unpaired) electrons. The number of benzene rings is 2. The van der Waals surface area contributed by atoms with E-state index in [0.29, 0.717) is 5.56 Å². The van der Waals surface area contributed by atoms with Gasteiger partial charge in [-0.1, -0.05) is 36.1 Å². The first-order valence-electron chi connectivity index (χ1n) is 8.79. The quantitative estimate of drug-likeness (QED) is 0.151. The number of non-ortho nitro benzene ring substituents is 1. The van der Waals surface area contributed by atoms with E-state index in [9.17, 15) is 34.6 Å². The van der Waals surface area contributed by atoms with Crippen LogP contribution in [0, 0.1) is 20.2 Å². The minimum atomic E-state index is -1.21. The first kappa shape index (κ1) is 23.5. The Kier molecular flexibility index (Phi) is 6.79. The van der Waals surface area contributed by atoms with E-state index >= 15 is 0 Å². The number of aliphatic carboxylic acids is 1. The summed E-state index contributed by atoms with van der Waals surface area (Å²) in [6, 6.07) is 8.17. The van der Waals surface area contributed by atoms with E-state index in [1.54, 1.807) is 0 Å². The number of amides is 1. The van der Waals surface area contributed by atoms with Crippen LogP contribution in [0.3, 0.4) is 0 Å². The molecule has 0 saturated carbocycles. The summed E-state index contributed by atoms with van der Waals surface area (Å²) < 4.78 is 5.21. The zero-order valence-electron chi connectivity index (χ0n) is 16.2. The number of ether oxygens (including phenoxy) is 1. The van der Waals surface area contributed by atoms with Crippen LogP contribution in [-0.2, 0) is 9.59 Å². The summed E-state index contributed by atoms with van der Waals surface area (Å²) in [6.45, 7) is -0.555. The lowest BCUT2D eigenvalue weighted by Gasteiger charge is -2.10. The van der Waals surface area contributed by atoms with Gasteiger partial charge in [0.2, 0.25) is 0 Å². The molecular formula is C19H11N3O9S2. The summed E-state index contributed by atoms with van der Waals surface area (Å²) in [4.78, 5) is 57.1. The fraction of sp³-hybridized carbons (Fsp3) is 0.0526. The van der Waals surface area contributed by atoms with Gasteiger partial charge in [-0.15, -0.1) is 0 Å². The molecule has 168 valence electrons. The predicted octanol–water partition coefficient (Wildman–Crippen LogP) is 3.01. The van der Waals surface area contributed by atoms with E-state index < -0.39 is 51.2 Å². The van der Waals surface area contributed by atoms with E-state index in [2.05, 4.69) is 0 Å². The number of nitro groups is 2. The molecule has 0 atom stereocenters. The SMILES string of the molecule is O=C(O)CN1C(=O)/C(=C\c2ccc(OC(=O)c3cc([N+](=O)[O-])ccc3[N+](=O)[O-])cc2)SC1=S. The third-order valence-corrected chi connectivity index (χ3v) is 5.54. The van der Waals surface area contributed by atoms with E-state index in [1.807, 2.05) is 0 Å². The molecule has 0 bridgehead atoms. The third-order valence-electron chi connectivity index (χ3n) is 4.16. The van der Waals surface area contributed by atoms with Gasteiger partial charge >= 0.3 is 11.9 Å². The Morgan fingerprint density at radius 3 is 2.36 bits per heavy atom. The minimum absolute atomic E-state index is 0.00335. The number of carbonyl (C=O) groups excluding carboxylic acids is 2. The van der Waals surface area contributed by atoms with Gasteiger partial charge in [0.15, 0.2) is 0 Å². The van der Waals surface area contributed by atoms with Gasteiger partial charge in [-0.2, -0.15) is 0 Å². The number of carboxylic acid groups (broad SMARTS) is 1. The van der Waals surface area contributed by atoms with Crippen molar-refractivity contribution < 1.29 is 34.1 Å². The Labute approximate surface area is 193 Å². The van der Waals surface area contributed by atoms with Crippen molar-refractivity contribution in [3.63, 3.8) is 0 Å². The zero-order valence-corrected chi connectivity index (χ0v) is 17.8. The van der Waals surface area contributed by atoms with E-state index in [4.69, 9.17) is 22.1 Å². The van der Waals surface area contributed by atoms with Crippen LogP contribution in [0.4, 0.5) is 11.4 Å². The average Bonchev–Trinajstić information content (AvgIpc) is 3.01. The number of thiocarbonyl (C=S) groups is 1. The maximum Gasteiger partial charge on any atom is 0.350 e. The topological polar surface area (TPSA) is 170 Å². The molecule has 0 aliphatic carbocycles. The van der Waals surface area contributed by atoms with Gasteiger partial charge in [-0.05, 0) is 23.8 Å². The fourth-order valence-electron chi connectivity index (χ4n) is 2.68. The smallest absolute Gasteiger partial charge is 0.350 e. The Balaban J connectivity index is 1.78. The molecule has 1 N–H and O–H groups in total. The Hall–Kier alpha value is -4.17. The maximum absolute atomic E-state index is 12.4. The Morgan fingerprint density at radius 2 is 1.79 bits per heavy atom. The molecule has 0 unspecified atom stereocenters. The van der Waals surface area contributed by atoms with Crippen molar-refractivity contribution in [2.24, 2.45) is 0 Å². The van der Waals surface area contributed by atoms with Crippen molar-refractivity contribution in [1.82, 2.24) is 4.90 Å². The monoisotopic (exact) mass is 489 g/mol. The average molecular weight is 489 g/mol. The number of hydrogen-bond acceptors (Lipinski definition) is 10. The highest BCUT2D eigenvalue weighted by atomic mass is 32.2. The first-order chi connectivity index (χ1) is 15.6. The van der Waals surface area contributed by atoms with Gasteiger partial charge in [0.1, 0.15) is 22.2 Å². The summed E-state index contributed by atoms with van der Waals surface area (Å²) in [5.41, 5.74) is -1.24. The molecule has 33 heavy (non-hydrogen) atoms. The molecule has 2 aromatic rings. The summed E-state index contributed by atoms with van der Waals surface area (Å²) in [5.74, 6) is -2.92. The second-order valence-corrected chi connectivity index (χ2v) is 8.01. The van der Waals surface area contributed by atoms with Crippen molar-refractivity contribution in [3.8, 4) is 5.75 Å². The van der Waals surface area contributed by atoms with Crippen molar-refractivity contribution in [2.75, 3.05) is 6.54 Å². The lowest BCUT2D eigenvalue weighted by atomic mass is 10.1. The minimum Gasteiger partial charge on any atom is -0.480 e. The fourth-order valence-corrected chi connectivity index (χ4v) is 3.93. The number of thioether (sulfide) groups is 1. The van der Waals surface area contributed by atoms with Gasteiger partial charge in [0, 0.05) is 18.2 Å². The van der Waals surface area contributed by atoms with Crippen LogP contribution in [0.5, 0.6) is 5.75 Å². The van der Waals surface area contributed by atoms with Crippen LogP contribution >= 0.6 is 24.0 Å². The van der Waals surface area contributed by atoms with E-state index in [1.165, 1.54) is 30.3 Å². The van der Waals surface area contributed by atoms with Gasteiger partial charge in [0.05, 0.1) is 14.8 Å². The van der Waals surface area contributed by atoms with Crippen LogP contribution in [-0.4, -0.2) is 48.6 Å². The molecule has 14 heteroatoms. The standard InChI is InChI=1S/C19H11N3O9S2/c23-16(24)9-20-17(25)15(33-19(20)32)7-10-1-4-12(5-2-10)31-18(26)13-8-11(21(27)28)3-6-14(13)22(29)30/h1-8H,9H2,(H,23,24)/b15-7+. The number of rotatable bonds is 7. The summed E-state index contributed by atoms with van der Waals surface area (Å²) in [6.07, 6.45) is 1.47. The van der Waals surface area contributed by atoms with Gasteiger partial charge in [-0.25, -0.2) is 4.79 Å². The highest BCUT2D eigenvalue weighted by Gasteiger charge is 2.33. The Bertz CT molecular complexity index is 1240. The van der Waals surface area contributed by atoms with Crippen LogP contribution in [0.15, 0.2) is 47.4 Å². The van der Waals surface area contributed by atoms with Crippen molar-refractivity contribution in [2.45, 2.75) is 0 Å². The molecular weight excluding hydrogens is 478 g/mol. The molecule has 1 heterocycles. The lowest BCUT2D eigenvalue weighted by Crippen LogP contribution is -2.33. The van der Waals surface area contributed by atoms with Crippen LogP contribution in [0.1, 0.15) is 15.9 Å². The molecule has 3 rings (SSSR count). The summed E-state index contributed by atoms with van der Waals surface area (Å²) in [7, 11) is 0. The van der Waals surface area contributed by atoms with Gasteiger partial charge < -0.3 is 9.84 Å². The van der Waals surface area contributed by atoms with Crippen LogP contribution < -0.4 is 4.74 Å². The number of esters is 1. The Morgan fingerprint density at radius 1 is 1.12 bits per heavy atom. The predicted molar refractivity (Wildman–Crippen MR) is 119 cm³/mol. The molecule has 1 amide bonds. The molecule has 1 aliphatic rings. The van der Waals surface area contributed by atoms with Crippen molar-refractivity contribution >= 4 is 63.6 Å². The van der Waals surface area contributed by atoms with E-state index in [0.717, 1.165) is 34.9 Å². The highest BCUT2D eigenvalue weighted by molar-refractivity contribution is 8.26. The van der Waals surface area contributed by atoms with Crippen molar-refractivity contribution in [3.05, 3.63) is 78.7 Å². The number of carbonyl (C=O) groups is 3. The number of carboxylic acids is 1. The second kappa shape index (κ2) is 9.54. The molecule has 2 aromatic carbocycles. The molecule has 1 saturated heterocycles. The largest absolute Gasteiger partial charge is 0.480 e. The molecule has 12 nitrogen and oxygen atoms in total. The molecule has 1 fully saturated rings. The number of nitro benzene ring substituents is 2. The first-order valence-corrected chi connectivity index (χ1v) is 10.0. The van der Waals surface area contributed by atoms with Crippen molar-refractivity contribution in [1.29, 1.82) is 0 Å². The summed E-state index contributed by atoms with van der Waals surface area (Å²) in [5, 5.41) is 30.9. The molecule has 1 aliphatic heterocycles. The maximum atomic E-state index is 12.4. The highest BCUT2D eigenvalue weighted by Crippen LogP contribution is 2.32. The molecule has 0 aromatic heterocycles. The van der Waals surface area contributed by atoms with E-state index in [-0.39, 0.29) is 15.0 Å². The van der Waals surface area contributed by atoms with Crippen LogP contribution in [0.2, 0.25) is 0 Å². The van der Waals surface area contributed by atoms with Crippen LogP contribution in [0.25, 0.3) is 6.08 Å². The number of hydrogen-bond donors (Lipinski definition) is 1. The summed E-state index contributed by atoms with van der Waals surface area (Å²) >= 11 is 5.95. The lowest BCUT2D eigenvalue weighted by molar-refractivity contribution is -0.389. The van der Waals surface area contributed by atoms with Gasteiger partial charge in [-0.3, -0.25) is 34.7 Å². The zero-order chi connectivity index (χ0) is 24.3. The third kappa shape index (κ3) is 5.36. The normalized spacial score (nSPS) is 14.4. The molecule has 0 spiro atoms. The van der Waals surface area contributed by atoms with Gasteiger partial charge in [0.25, 0.3) is 17.3 Å².